The summed E-state index contributed by atoms with van der Waals surface area (Å²) in [7, 11) is 0. The molecule has 2 saturated heterocycles. The highest BCUT2D eigenvalue weighted by atomic mass is 35.5. The number of amides is 1. The van der Waals surface area contributed by atoms with E-state index < -0.39 is 11.4 Å². The van der Waals surface area contributed by atoms with Crippen LogP contribution in [0.15, 0.2) is 36.4 Å². The molecule has 0 radical (unpaired) electrons. The molecule has 0 unspecified atom stereocenters. The minimum Gasteiger partial charge on any atom is -0.395 e. The normalized spacial score (nSPS) is 20.9. The number of benzene rings is 2. The summed E-state index contributed by atoms with van der Waals surface area (Å²) in [6.45, 7) is 3.15. The Bertz CT molecular complexity index is 1270. The molecule has 3 aromatic rings. The van der Waals surface area contributed by atoms with Crippen molar-refractivity contribution in [3.63, 3.8) is 0 Å². The largest absolute Gasteiger partial charge is 0.395 e. The maximum absolute atomic E-state index is 16.3. The second kappa shape index (κ2) is 8.56. The number of hydrogen-bond acceptors (Lipinski definition) is 5. The number of hydrogen-bond donors (Lipinski definition) is 3. The first-order valence-electron chi connectivity index (χ1n) is 11.3. The van der Waals surface area contributed by atoms with E-state index in [4.69, 9.17) is 22.0 Å². The number of nitrogens with one attached hydrogen (secondary N) is 2. The first-order valence-corrected chi connectivity index (χ1v) is 11.7. The van der Waals surface area contributed by atoms with Gasteiger partial charge in [0.15, 0.2) is 11.8 Å². The Hall–Kier alpha value is -3.17. The number of aliphatic hydroxyl groups excluding tert-OH is 1. The third-order valence-electron chi connectivity index (χ3n) is 6.60. The van der Waals surface area contributed by atoms with Crippen molar-refractivity contribution in [2.45, 2.75) is 31.7 Å². The molecule has 34 heavy (non-hydrogen) atoms. The van der Waals surface area contributed by atoms with Crippen molar-refractivity contribution >= 4 is 40.4 Å². The fourth-order valence-corrected chi connectivity index (χ4v) is 5.08. The van der Waals surface area contributed by atoms with Crippen LogP contribution >= 0.6 is 11.6 Å². The Morgan fingerprint density at radius 3 is 2.74 bits per heavy atom. The van der Waals surface area contributed by atoms with Gasteiger partial charge in [-0.3, -0.25) is 19.7 Å². The number of imidazole rings is 1. The summed E-state index contributed by atoms with van der Waals surface area (Å²) in [4.78, 5) is 20.8. The van der Waals surface area contributed by atoms with Crippen LogP contribution in [-0.2, 0) is 10.3 Å². The van der Waals surface area contributed by atoms with Crippen LogP contribution in [0.1, 0.15) is 31.7 Å². The number of β-amino-alcohol motifs (C(OH)–C–C–N with tert-alkyl or cyclic N) is 1. The van der Waals surface area contributed by atoms with Gasteiger partial charge in [0, 0.05) is 23.7 Å². The number of nitrogens with zero attached hydrogens (tertiary/aromatic N) is 4. The first kappa shape index (κ1) is 22.6. The number of rotatable bonds is 5. The fourth-order valence-electron chi connectivity index (χ4n) is 4.92. The molecule has 2 fully saturated rings. The van der Waals surface area contributed by atoms with Gasteiger partial charge in [0.1, 0.15) is 0 Å². The molecule has 1 amide bonds. The second-order valence-electron chi connectivity index (χ2n) is 8.96. The first-order chi connectivity index (χ1) is 16.3. The zero-order valence-electron chi connectivity index (χ0n) is 18.8. The average Bonchev–Trinajstić information content (AvgIpc) is 3.44. The summed E-state index contributed by atoms with van der Waals surface area (Å²) in [5, 5.41) is 21.0. The average molecular weight is 485 g/mol. The van der Waals surface area contributed by atoms with Crippen molar-refractivity contribution in [3.05, 3.63) is 52.8 Å². The molecule has 0 saturated carbocycles. The molecule has 2 aliphatic heterocycles. The van der Waals surface area contributed by atoms with E-state index in [1.165, 1.54) is 4.90 Å². The molecule has 8 nitrogen and oxygen atoms in total. The maximum Gasteiger partial charge on any atom is 0.232 e. The maximum atomic E-state index is 16.3. The van der Waals surface area contributed by atoms with E-state index in [0.29, 0.717) is 22.2 Å². The summed E-state index contributed by atoms with van der Waals surface area (Å²) in [6, 6.07) is 10.5. The van der Waals surface area contributed by atoms with Gasteiger partial charge in [0.05, 0.1) is 41.8 Å². The van der Waals surface area contributed by atoms with Gasteiger partial charge in [-0.15, -0.1) is 0 Å². The molecule has 0 aliphatic carbocycles. The zero-order chi connectivity index (χ0) is 24.0. The molecule has 1 aromatic heterocycles. The van der Waals surface area contributed by atoms with Crippen molar-refractivity contribution in [3.8, 4) is 5.69 Å². The number of carbonyl (C=O) groups is 1. The number of fused-ring (bicyclic) bond motifs is 1. The summed E-state index contributed by atoms with van der Waals surface area (Å²) in [5.41, 5.74) is 0.883. The molecule has 3 heterocycles. The Balaban J connectivity index is 1.64. The molecule has 5 rings (SSSR count). The number of anilines is 1. The Morgan fingerprint density at radius 1 is 1.26 bits per heavy atom. The fraction of sp³-hybridized carbons (Fsp3) is 0.375. The Morgan fingerprint density at radius 2 is 2.03 bits per heavy atom. The zero-order valence-corrected chi connectivity index (χ0v) is 19.6. The summed E-state index contributed by atoms with van der Waals surface area (Å²) < 4.78 is 18.1. The molecule has 178 valence electrons. The van der Waals surface area contributed by atoms with Crippen molar-refractivity contribution in [2.24, 2.45) is 0 Å². The van der Waals surface area contributed by atoms with E-state index in [-0.39, 0.29) is 37.0 Å². The van der Waals surface area contributed by atoms with Crippen LogP contribution in [0, 0.1) is 11.2 Å². The van der Waals surface area contributed by atoms with Crippen molar-refractivity contribution in [2.75, 3.05) is 31.1 Å². The second-order valence-corrected chi connectivity index (χ2v) is 9.40. The molecule has 2 aliphatic rings. The lowest BCUT2D eigenvalue weighted by Crippen LogP contribution is -2.60. The smallest absolute Gasteiger partial charge is 0.232 e. The third kappa shape index (κ3) is 3.69. The summed E-state index contributed by atoms with van der Waals surface area (Å²) in [5.74, 6) is -0.336. The number of guanidine groups is 1. The molecule has 1 atom stereocenters. The van der Waals surface area contributed by atoms with Gasteiger partial charge in [-0.2, -0.15) is 0 Å². The van der Waals surface area contributed by atoms with Gasteiger partial charge in [-0.25, -0.2) is 9.37 Å². The van der Waals surface area contributed by atoms with E-state index in [0.717, 1.165) is 31.4 Å². The monoisotopic (exact) mass is 484 g/mol. The molecule has 0 spiro atoms. The van der Waals surface area contributed by atoms with Crippen LogP contribution in [0.3, 0.4) is 0 Å². The molecule has 2 aromatic carbocycles. The number of carbonyl (C=O) groups excluding carboxylic acids is 1. The highest BCUT2D eigenvalue weighted by Crippen LogP contribution is 2.36. The van der Waals surface area contributed by atoms with E-state index in [1.807, 2.05) is 6.07 Å². The molecule has 0 bridgehead atoms. The molecular formula is C24H26ClFN6O2. The van der Waals surface area contributed by atoms with Gasteiger partial charge in [-0.1, -0.05) is 23.7 Å². The van der Waals surface area contributed by atoms with Crippen molar-refractivity contribution in [1.29, 1.82) is 5.41 Å². The van der Waals surface area contributed by atoms with E-state index in [1.54, 1.807) is 41.8 Å². The van der Waals surface area contributed by atoms with Crippen LogP contribution in [0.2, 0.25) is 5.02 Å². The molecule has 10 heteroatoms. The van der Waals surface area contributed by atoms with Crippen molar-refractivity contribution < 1.29 is 14.3 Å². The number of aliphatic hydroxyl groups is 1. The van der Waals surface area contributed by atoms with Crippen LogP contribution < -0.4 is 10.2 Å². The van der Waals surface area contributed by atoms with Crippen molar-refractivity contribution in [1.82, 2.24) is 19.8 Å². The van der Waals surface area contributed by atoms with Crippen LogP contribution in [0.25, 0.3) is 16.7 Å². The van der Waals surface area contributed by atoms with Gasteiger partial charge < -0.3 is 15.3 Å². The van der Waals surface area contributed by atoms with Crippen LogP contribution in [0.5, 0.6) is 0 Å². The highest BCUT2D eigenvalue weighted by Gasteiger charge is 2.41. The van der Waals surface area contributed by atoms with Crippen LogP contribution in [-0.4, -0.2) is 57.7 Å². The highest BCUT2D eigenvalue weighted by molar-refractivity contribution is 6.31. The van der Waals surface area contributed by atoms with Crippen LogP contribution in [0.4, 0.5) is 10.3 Å². The summed E-state index contributed by atoms with van der Waals surface area (Å²) >= 11 is 6.29. The quantitative estimate of drug-likeness (QED) is 0.516. The lowest BCUT2D eigenvalue weighted by molar-refractivity contribution is -0.131. The minimum absolute atomic E-state index is 0.0181. The van der Waals surface area contributed by atoms with E-state index in [9.17, 15) is 9.90 Å². The third-order valence-corrected chi connectivity index (χ3v) is 6.83. The SMILES string of the molecule is C[C@@]1(c2cccc(-n3c(N4CCCC4)nc4ccc(Cl)cc43)c2F)CC(=O)N(CCO)C(=N)N1. The molecule has 3 N–H and O–H groups in total. The topological polar surface area (TPSA) is 97.5 Å². The standard InChI is InChI=1S/C24H26ClFN6O2/c1-24(14-20(34)31(11-12-33)22(27)29-24)16-5-4-6-18(21(16)26)32-19-13-15(25)7-8-17(19)28-23(32)30-9-2-3-10-30/h4-8,13,33H,2-3,9-12,14H2,1H3,(H2,27,29)/t24-/m0/s1. The predicted octanol–water partition coefficient (Wildman–Crippen LogP) is 3.38. The van der Waals surface area contributed by atoms with E-state index >= 15 is 4.39 Å². The minimum atomic E-state index is -1.12. The Labute approximate surface area is 201 Å². The Kier molecular flexibility index (Phi) is 5.69. The lowest BCUT2D eigenvalue weighted by atomic mass is 9.85. The van der Waals surface area contributed by atoms with Gasteiger partial charge >= 0.3 is 0 Å². The lowest BCUT2D eigenvalue weighted by Gasteiger charge is -2.41. The number of aromatic nitrogens is 2. The van der Waals surface area contributed by atoms with Gasteiger partial charge in [0.25, 0.3) is 0 Å². The summed E-state index contributed by atoms with van der Waals surface area (Å²) in [6.07, 6.45) is 2.04. The predicted molar refractivity (Wildman–Crippen MR) is 129 cm³/mol. The number of halogens is 2. The van der Waals surface area contributed by atoms with Gasteiger partial charge in [0.2, 0.25) is 11.9 Å². The van der Waals surface area contributed by atoms with Gasteiger partial charge in [-0.05, 0) is 44.0 Å². The molecular weight excluding hydrogens is 459 g/mol. The van der Waals surface area contributed by atoms with E-state index in [2.05, 4.69) is 10.2 Å².